The van der Waals surface area contributed by atoms with Gasteiger partial charge in [0.25, 0.3) is 0 Å². The second-order valence-electron chi connectivity index (χ2n) is 16.0. The summed E-state index contributed by atoms with van der Waals surface area (Å²) < 4.78 is 53.5. The quantitative estimate of drug-likeness (QED) is 0.178. The fourth-order valence-corrected chi connectivity index (χ4v) is 10.2. The number of rotatable bonds is 3. The molecule has 62 heavy (non-hydrogen) atoms. The van der Waals surface area contributed by atoms with Gasteiger partial charge in [0, 0.05) is 73.8 Å². The maximum atomic E-state index is 15.0. The molecule has 0 saturated heterocycles. The Hall–Kier alpha value is -8.27. The maximum Gasteiger partial charge on any atom is 0.416 e. The van der Waals surface area contributed by atoms with Gasteiger partial charge in [-0.25, -0.2) is 0 Å². The summed E-state index contributed by atoms with van der Waals surface area (Å²) in [6.07, 6.45) is -4.75. The molecule has 0 aliphatic rings. The van der Waals surface area contributed by atoms with Crippen molar-refractivity contribution in [1.82, 2.24) is 18.3 Å². The molecule has 0 saturated carbocycles. The molecule has 0 radical (unpaired) electrons. The highest BCUT2D eigenvalue weighted by Crippen LogP contribution is 2.47. The lowest BCUT2D eigenvalue weighted by atomic mass is 9.94. The van der Waals surface area contributed by atoms with Crippen LogP contribution in [-0.2, 0) is 20.3 Å². The Balaban J connectivity index is 1.35. The van der Waals surface area contributed by atoms with E-state index in [1.165, 1.54) is 6.07 Å². The van der Waals surface area contributed by atoms with Crippen molar-refractivity contribution < 1.29 is 13.2 Å². The number of halogens is 3. The van der Waals surface area contributed by atoms with Crippen LogP contribution in [0.15, 0.2) is 152 Å². The molecule has 9 heteroatoms. The van der Waals surface area contributed by atoms with Crippen molar-refractivity contribution in [2.75, 3.05) is 0 Å². The van der Waals surface area contributed by atoms with Crippen LogP contribution in [0.2, 0.25) is 0 Å². The number of nitrogens with zero attached hydrogens (tertiary/aromatic N) is 6. The van der Waals surface area contributed by atoms with Gasteiger partial charge >= 0.3 is 6.18 Å². The van der Waals surface area contributed by atoms with Gasteiger partial charge in [0.05, 0.1) is 73.3 Å². The second kappa shape index (κ2) is 12.6. The predicted octanol–water partition coefficient (Wildman–Crippen LogP) is 13.6. The highest BCUT2D eigenvalue weighted by Gasteiger charge is 2.33. The van der Waals surface area contributed by atoms with Crippen LogP contribution in [0.25, 0.3) is 110 Å². The number of benzene rings is 8. The van der Waals surface area contributed by atoms with Crippen LogP contribution in [-0.4, -0.2) is 18.3 Å². The minimum atomic E-state index is -4.75. The summed E-state index contributed by atoms with van der Waals surface area (Å²) in [5.41, 5.74) is 8.11. The highest BCUT2D eigenvalue weighted by atomic mass is 19.4. The van der Waals surface area contributed by atoms with E-state index in [9.17, 15) is 23.7 Å². The zero-order valence-electron chi connectivity index (χ0n) is 33.3. The number of hydrogen-bond donors (Lipinski definition) is 0. The van der Waals surface area contributed by atoms with Gasteiger partial charge in [-0.2, -0.15) is 23.7 Å². The Morgan fingerprint density at radius 2 is 0.790 bits per heavy atom. The SMILES string of the molecule is Cn1c2ccccc2c2ccc3c4ccccc4n(-c4cc(C#N)cc(-n5c6ccccc6c6ccc7c8ccccc8n(C)c7c65)c4-c4cc(C#N)cc(C(F)(F)F)c4)c3c21. The van der Waals surface area contributed by atoms with E-state index < -0.39 is 11.7 Å². The lowest BCUT2D eigenvalue weighted by Gasteiger charge is -2.22. The number of aromatic nitrogens is 4. The van der Waals surface area contributed by atoms with Crippen molar-refractivity contribution in [3.05, 3.63) is 168 Å². The number of aryl methyl sites for hydroxylation is 2. The summed E-state index contributed by atoms with van der Waals surface area (Å²) in [6, 6.07) is 52.4. The second-order valence-corrected chi connectivity index (χ2v) is 16.0. The van der Waals surface area contributed by atoms with Gasteiger partial charge in [0.1, 0.15) is 0 Å². The summed E-state index contributed by atoms with van der Waals surface area (Å²) in [5, 5.41) is 29.3. The summed E-state index contributed by atoms with van der Waals surface area (Å²) >= 11 is 0. The average molecular weight is 809 g/mol. The van der Waals surface area contributed by atoms with Crippen molar-refractivity contribution >= 4 is 87.2 Å². The minimum Gasteiger partial charge on any atom is -0.342 e. The molecule has 0 unspecified atom stereocenters. The Morgan fingerprint density at radius 1 is 0.419 bits per heavy atom. The molecule has 0 aliphatic carbocycles. The van der Waals surface area contributed by atoms with E-state index in [4.69, 9.17) is 0 Å². The van der Waals surface area contributed by atoms with Gasteiger partial charge in [0.2, 0.25) is 0 Å². The first-order chi connectivity index (χ1) is 30.2. The predicted molar refractivity (Wildman–Crippen MR) is 243 cm³/mol. The molecule has 6 nitrogen and oxygen atoms in total. The van der Waals surface area contributed by atoms with E-state index in [0.29, 0.717) is 22.5 Å². The fraction of sp³-hybridized carbons (Fsp3) is 0.0566. The molecule has 12 rings (SSSR count). The third kappa shape index (κ3) is 4.73. The van der Waals surface area contributed by atoms with Gasteiger partial charge in [-0.1, -0.05) is 97.1 Å². The molecule has 4 aromatic heterocycles. The minimum absolute atomic E-state index is 0.132. The van der Waals surface area contributed by atoms with E-state index in [0.717, 1.165) is 99.4 Å². The third-order valence-electron chi connectivity index (χ3n) is 12.8. The molecule has 0 atom stereocenters. The largest absolute Gasteiger partial charge is 0.416 e. The van der Waals surface area contributed by atoms with Crippen LogP contribution in [0.5, 0.6) is 0 Å². The smallest absolute Gasteiger partial charge is 0.342 e. The molecule has 0 spiro atoms. The van der Waals surface area contributed by atoms with Crippen LogP contribution in [0.4, 0.5) is 13.2 Å². The molecular formula is C53H31F3N6. The van der Waals surface area contributed by atoms with Crippen LogP contribution in [0, 0.1) is 22.7 Å². The van der Waals surface area contributed by atoms with E-state index in [1.54, 1.807) is 12.1 Å². The van der Waals surface area contributed by atoms with Crippen molar-refractivity contribution in [2.24, 2.45) is 14.1 Å². The summed E-state index contributed by atoms with van der Waals surface area (Å²) in [4.78, 5) is 0. The van der Waals surface area contributed by atoms with Crippen LogP contribution >= 0.6 is 0 Å². The number of hydrogen-bond acceptors (Lipinski definition) is 2. The molecule has 294 valence electrons. The summed E-state index contributed by atoms with van der Waals surface area (Å²) in [7, 11) is 4.06. The number of fused-ring (bicyclic) bond motifs is 14. The molecule has 8 aromatic carbocycles. The molecule has 0 fully saturated rings. The average Bonchev–Trinajstić information content (AvgIpc) is 4.00. The number of para-hydroxylation sites is 4. The number of nitriles is 2. The lowest BCUT2D eigenvalue weighted by Crippen LogP contribution is -2.08. The monoisotopic (exact) mass is 808 g/mol. The van der Waals surface area contributed by atoms with Gasteiger partial charge in [-0.05, 0) is 60.2 Å². The molecule has 0 bridgehead atoms. The van der Waals surface area contributed by atoms with Crippen LogP contribution in [0.3, 0.4) is 0 Å². The van der Waals surface area contributed by atoms with Crippen molar-refractivity contribution in [3.63, 3.8) is 0 Å². The maximum absolute atomic E-state index is 15.0. The van der Waals surface area contributed by atoms with E-state index in [2.05, 4.69) is 85.0 Å². The first-order valence-corrected chi connectivity index (χ1v) is 20.2. The molecule has 0 amide bonds. The fourth-order valence-electron chi connectivity index (χ4n) is 10.2. The zero-order chi connectivity index (χ0) is 42.2. The summed E-state index contributed by atoms with van der Waals surface area (Å²) in [6.45, 7) is 0. The van der Waals surface area contributed by atoms with Gasteiger partial charge in [0.15, 0.2) is 0 Å². The van der Waals surface area contributed by atoms with Gasteiger partial charge < -0.3 is 18.3 Å². The topological polar surface area (TPSA) is 67.3 Å². The zero-order valence-corrected chi connectivity index (χ0v) is 33.3. The van der Waals surface area contributed by atoms with E-state index in [1.807, 2.05) is 80.8 Å². The van der Waals surface area contributed by atoms with E-state index >= 15 is 0 Å². The van der Waals surface area contributed by atoms with Gasteiger partial charge in [-0.3, -0.25) is 0 Å². The van der Waals surface area contributed by atoms with E-state index in [-0.39, 0.29) is 11.1 Å². The van der Waals surface area contributed by atoms with Crippen molar-refractivity contribution in [1.29, 1.82) is 10.5 Å². The van der Waals surface area contributed by atoms with Crippen LogP contribution < -0.4 is 0 Å². The Morgan fingerprint density at radius 3 is 1.21 bits per heavy atom. The number of alkyl halides is 3. The Kier molecular flexibility index (Phi) is 7.26. The summed E-state index contributed by atoms with van der Waals surface area (Å²) in [5.74, 6) is 0. The highest BCUT2D eigenvalue weighted by molar-refractivity contribution is 6.25. The normalized spacial score (nSPS) is 12.2. The standard InChI is InChI=1S/C53H31F3N6/c1-59-42-15-7-3-11-34(42)38-19-21-40-36-13-5-9-17-44(36)61(51(40)49(38)59)46-25-31(29-58)26-47(48(46)32-23-30(28-57)24-33(27-32)53(54,55)56)62-45-18-10-6-14-37(45)41-22-20-39-35-12-4-8-16-43(35)60(2)50(39)52(41)62/h3-27H,1-2H3. The lowest BCUT2D eigenvalue weighted by molar-refractivity contribution is -0.137. The molecule has 0 N–H and O–H groups in total. The third-order valence-corrected chi connectivity index (χ3v) is 12.8. The molecular weight excluding hydrogens is 778 g/mol. The van der Waals surface area contributed by atoms with Gasteiger partial charge in [-0.15, -0.1) is 0 Å². The Labute approximate surface area is 351 Å². The first-order valence-electron chi connectivity index (χ1n) is 20.2. The van der Waals surface area contributed by atoms with Crippen LogP contribution in [0.1, 0.15) is 16.7 Å². The molecule has 0 aliphatic heterocycles. The molecule has 4 heterocycles. The first kappa shape index (κ1) is 35.7. The Bertz CT molecular complexity index is 3810. The molecule has 12 aromatic rings. The van der Waals surface area contributed by atoms with Crippen molar-refractivity contribution in [2.45, 2.75) is 6.18 Å². The van der Waals surface area contributed by atoms with Crippen molar-refractivity contribution in [3.8, 4) is 34.6 Å².